The molecule has 140 heavy (non-hydrogen) atoms. The smallest absolute Gasteiger partial charge is 0.119 e. The van der Waals surface area contributed by atoms with E-state index < -0.39 is 0 Å². The van der Waals surface area contributed by atoms with Gasteiger partial charge in [-0.25, -0.2) is 0 Å². The van der Waals surface area contributed by atoms with E-state index in [4.69, 9.17) is 66.3 Å². The molecule has 3 aromatic carbocycles. The van der Waals surface area contributed by atoms with Crippen LogP contribution in [-0.4, -0.2) is 168 Å². The minimum Gasteiger partial charge on any atom is -0.494 e. The van der Waals surface area contributed by atoms with Crippen molar-refractivity contribution in [1.29, 1.82) is 0 Å². The lowest BCUT2D eigenvalue weighted by Crippen LogP contribution is -2.37. The molecule has 0 radical (unpaired) electrons. The van der Waals surface area contributed by atoms with Crippen LogP contribution in [0.15, 0.2) is 91.0 Å². The van der Waals surface area contributed by atoms with Crippen LogP contribution in [-0.2, 0) is 74.6 Å². The van der Waals surface area contributed by atoms with Crippen molar-refractivity contribution in [1.82, 2.24) is 0 Å². The van der Waals surface area contributed by atoms with Crippen LogP contribution < -0.4 is 4.74 Å². The summed E-state index contributed by atoms with van der Waals surface area (Å²) in [4.78, 5) is 0. The number of ether oxygens (including phenoxy) is 14. The fourth-order valence-corrected chi connectivity index (χ4v) is 23.8. The maximum absolute atomic E-state index is 5.88. The molecule has 3 aromatic rings. The van der Waals surface area contributed by atoms with Crippen LogP contribution in [0.3, 0.4) is 0 Å². The molecule has 818 valence electrons. The second kappa shape index (κ2) is 80.9. The van der Waals surface area contributed by atoms with Gasteiger partial charge in [0.15, 0.2) is 0 Å². The predicted molar refractivity (Wildman–Crippen MR) is 595 cm³/mol. The number of hydrogen-bond acceptors (Lipinski definition) is 14. The highest BCUT2D eigenvalue weighted by atomic mass is 16.5. The summed E-state index contributed by atoms with van der Waals surface area (Å²) in [5, 5.41) is 0. The summed E-state index contributed by atoms with van der Waals surface area (Å²) in [5.74, 6) is 14.4. The summed E-state index contributed by atoms with van der Waals surface area (Å²) in [6.07, 6.45) is 59.0. The molecule has 16 rings (SSSR count). The number of rotatable bonds is 35. The minimum atomic E-state index is 0.0417. The Kier molecular flexibility index (Phi) is 75.7. The van der Waals surface area contributed by atoms with Crippen molar-refractivity contribution in [2.24, 2.45) is 93.7 Å². The van der Waals surface area contributed by atoms with Crippen molar-refractivity contribution in [3.63, 3.8) is 0 Å². The van der Waals surface area contributed by atoms with E-state index in [1.807, 2.05) is 103 Å². The molecule has 14 heteroatoms. The van der Waals surface area contributed by atoms with Crippen molar-refractivity contribution in [2.75, 3.05) is 126 Å². The molecule has 0 amide bonds. The summed E-state index contributed by atoms with van der Waals surface area (Å²) in [6, 6.07) is 30.4. The van der Waals surface area contributed by atoms with Crippen LogP contribution in [0.4, 0.5) is 0 Å². The Bertz CT molecular complexity index is 3170. The van der Waals surface area contributed by atoms with Crippen molar-refractivity contribution in [3.8, 4) is 5.75 Å². The summed E-state index contributed by atoms with van der Waals surface area (Å²) in [7, 11) is 1.71. The number of benzene rings is 3. The summed E-state index contributed by atoms with van der Waals surface area (Å²) in [5.41, 5.74) is 3.64. The Morgan fingerprint density at radius 2 is 0.786 bits per heavy atom. The van der Waals surface area contributed by atoms with Crippen molar-refractivity contribution in [2.45, 2.75) is 478 Å². The standard InChI is InChI=1S/C12H22O.C12H24O.C11H20O.C10H18O.C10H20O.C10H14O.C9H16O.C9H18O.C9H12O.C8H16O.C8H10O.C7H14O.C6H14O.C5H12O/c1-5-13-10-8-9-6-7-12(10,4)11(9,2)3;1-5-13-12-8-10(4)6-7-11(12)9(2)3;1-2-12-6-5-11-8-9-3-4-10(11)7-9;1-2-11-7-10-6-8-3-4-9(10)5-8;2*1-2-11-9-8-10-6-4-3-5-7-10;1-2-10-9-6-7-3-4-8(9)5-7;2*1-2-10-8-9-6-4-3-5-7-9;2*1-2-9-8-6-4-3-5-7-8;1-2-8-7-5-3-4-6-7;1-5-7-6(2,3)4;1-5(2,3)6-4/h9-10H,5-8H2,1-4H3;9-12H,5-8H2,1-4H3;9-11H,2-8H2,1H3;8-10H,2-7H2,1H3;10H,2-9H2,1H3;3-7H,2,8-9H2,1H3;7-9H,2-6H2,1H3;9H,2-8H2,1H3;3-7H,2,8H2,1H3;8H,2-7H2,1H3;3-7H,2H2,1H3;7H,2-6H2,1H3;5H2,1-4H3;1-4H3. The lowest BCUT2D eigenvalue weighted by molar-refractivity contribution is -0.0413. The summed E-state index contributed by atoms with van der Waals surface area (Å²) >= 11 is 0. The predicted octanol–water partition coefficient (Wildman–Crippen LogP) is 34.0. The van der Waals surface area contributed by atoms with Gasteiger partial charge in [-0.05, 0) is 403 Å². The average Bonchev–Trinajstić information content (AvgIpc) is 1.56. The molecular formula is C126H230O14. The molecule has 13 saturated carbocycles. The second-order valence-corrected chi connectivity index (χ2v) is 45.5. The van der Waals surface area contributed by atoms with E-state index in [2.05, 4.69) is 161 Å². The highest BCUT2D eigenvalue weighted by Crippen LogP contribution is 2.66. The highest BCUT2D eigenvalue weighted by Gasteiger charge is 2.62. The molecule has 0 N–H and O–H groups in total. The lowest BCUT2D eigenvalue weighted by Gasteiger charge is -2.38. The van der Waals surface area contributed by atoms with Crippen molar-refractivity contribution >= 4 is 0 Å². The molecule has 0 aromatic heterocycles. The summed E-state index contributed by atoms with van der Waals surface area (Å²) in [6.45, 7) is 70.1. The number of methoxy groups -OCH3 is 1. The van der Waals surface area contributed by atoms with Crippen LogP contribution in [0.2, 0.25) is 0 Å². The zero-order valence-corrected chi connectivity index (χ0v) is 96.6. The Balaban J connectivity index is 0.000000389. The molecule has 0 spiro atoms. The van der Waals surface area contributed by atoms with Crippen LogP contribution in [0, 0.1) is 93.7 Å². The van der Waals surface area contributed by atoms with E-state index in [0.717, 1.165) is 221 Å². The van der Waals surface area contributed by atoms with Crippen LogP contribution >= 0.6 is 0 Å². The molecular weight excluding hydrogens is 1740 g/mol. The van der Waals surface area contributed by atoms with E-state index in [1.54, 1.807) is 7.11 Å². The van der Waals surface area contributed by atoms with E-state index >= 15 is 0 Å². The van der Waals surface area contributed by atoms with Gasteiger partial charge in [-0.1, -0.05) is 223 Å². The fourth-order valence-electron chi connectivity index (χ4n) is 23.8. The third-order valence-corrected chi connectivity index (χ3v) is 32.3. The average molecular weight is 1970 g/mol. The first-order chi connectivity index (χ1) is 67.5. The van der Waals surface area contributed by atoms with E-state index in [0.29, 0.717) is 41.3 Å². The lowest BCUT2D eigenvalue weighted by atomic mass is 9.70. The minimum absolute atomic E-state index is 0.0417. The number of hydrogen-bond donors (Lipinski definition) is 0. The fraction of sp³-hybridized carbons (Fsp3) is 0.857. The van der Waals surface area contributed by atoms with E-state index in [-0.39, 0.29) is 11.2 Å². The van der Waals surface area contributed by atoms with Gasteiger partial charge in [-0.2, -0.15) is 0 Å². The van der Waals surface area contributed by atoms with Gasteiger partial charge in [0, 0.05) is 113 Å². The third kappa shape index (κ3) is 58.8. The molecule has 13 fully saturated rings. The monoisotopic (exact) mass is 1970 g/mol. The Morgan fingerprint density at radius 1 is 0.350 bits per heavy atom. The van der Waals surface area contributed by atoms with Gasteiger partial charge in [0.05, 0.1) is 61.5 Å². The topological polar surface area (TPSA) is 129 Å². The van der Waals surface area contributed by atoms with Gasteiger partial charge in [0.1, 0.15) is 5.75 Å². The number of para-hydroxylation sites is 1. The Morgan fingerprint density at radius 3 is 1.19 bits per heavy atom. The van der Waals surface area contributed by atoms with Gasteiger partial charge >= 0.3 is 0 Å². The van der Waals surface area contributed by atoms with E-state index in [1.165, 1.54) is 262 Å². The number of fused-ring (bicyclic) bond motifs is 8. The SMILES string of the molecule is CCOC(C)(C)C.CCOC1CC(C)CCC1C(C)C.CCOC1CC2CCC1(C)C2(C)C.CCOC1CC2CCC1C2.CCOC1CCCC1.CCOC1CCCCC1.CCOCC1CC2CCC1C2.CCOCC1CCCCC1.CCOCCC1CC2CCC1C2.CCOCCC1CCCCC1.CCOCCc1ccccc1.CCOCc1ccccc1.CCOc1ccccc1.COC(C)(C)C. The zero-order valence-electron chi connectivity index (χ0n) is 96.6. The maximum atomic E-state index is 5.88. The Hall–Kier alpha value is -3.06. The molecule has 13 aliphatic rings. The first-order valence-electron chi connectivity index (χ1n) is 59.0. The zero-order chi connectivity index (χ0) is 103. The maximum Gasteiger partial charge on any atom is 0.119 e. The molecule has 0 heterocycles. The normalized spacial score (nSPS) is 26.5. The van der Waals surface area contributed by atoms with Gasteiger partial charge in [0.25, 0.3) is 0 Å². The van der Waals surface area contributed by atoms with Gasteiger partial charge in [-0.3, -0.25) is 0 Å². The molecule has 0 aliphatic heterocycles. The largest absolute Gasteiger partial charge is 0.494 e. The molecule has 15 unspecified atom stereocenters. The van der Waals surface area contributed by atoms with Crippen LogP contribution in [0.1, 0.15) is 435 Å². The van der Waals surface area contributed by atoms with Gasteiger partial charge in [0.2, 0.25) is 0 Å². The Labute approximate surface area is 867 Å². The van der Waals surface area contributed by atoms with Crippen LogP contribution in [0.5, 0.6) is 5.75 Å². The van der Waals surface area contributed by atoms with Gasteiger partial charge < -0.3 is 66.3 Å². The molecule has 8 bridgehead atoms. The quantitative estimate of drug-likeness (QED) is 0.0518. The van der Waals surface area contributed by atoms with Crippen LogP contribution in [0.25, 0.3) is 0 Å². The molecule has 13 aliphatic carbocycles. The second-order valence-electron chi connectivity index (χ2n) is 45.5. The third-order valence-electron chi connectivity index (χ3n) is 32.3. The highest BCUT2D eigenvalue weighted by molar-refractivity contribution is 5.21. The first kappa shape index (κ1) is 131. The van der Waals surface area contributed by atoms with Crippen molar-refractivity contribution in [3.05, 3.63) is 102 Å². The molecule has 14 nitrogen and oxygen atoms in total. The van der Waals surface area contributed by atoms with E-state index in [9.17, 15) is 0 Å². The van der Waals surface area contributed by atoms with Crippen molar-refractivity contribution < 1.29 is 66.3 Å². The first-order valence-corrected chi connectivity index (χ1v) is 59.0. The summed E-state index contributed by atoms with van der Waals surface area (Å²) < 4.78 is 75.6. The van der Waals surface area contributed by atoms with Gasteiger partial charge in [-0.15, -0.1) is 0 Å². The molecule has 0 saturated heterocycles. The molecule has 15 atom stereocenters.